The Morgan fingerprint density at radius 1 is 0.788 bits per heavy atom. The number of carbonyl (C=O) groups is 4. The third-order valence-corrected chi connectivity index (χ3v) is 4.27. The Labute approximate surface area is 192 Å². The zero-order valence-corrected chi connectivity index (χ0v) is 19.2. The molecule has 0 amide bonds. The number of rotatable bonds is 9. The molecule has 0 heterocycles. The molecule has 0 aromatic heterocycles. The highest BCUT2D eigenvalue weighted by Crippen LogP contribution is 2.19. The summed E-state index contributed by atoms with van der Waals surface area (Å²) < 4.78 is 14.9. The van der Waals surface area contributed by atoms with Crippen LogP contribution in [-0.2, 0) is 14.3 Å². The van der Waals surface area contributed by atoms with E-state index < -0.39 is 23.9 Å². The summed E-state index contributed by atoms with van der Waals surface area (Å²) in [5.41, 5.74) is 0.250. The summed E-state index contributed by atoms with van der Waals surface area (Å²) in [5, 5.41) is 8.69. The fraction of sp³-hybridized carbons (Fsp3) is 0.333. The zero-order valence-electron chi connectivity index (χ0n) is 19.2. The Morgan fingerprint density at radius 2 is 1.24 bits per heavy atom. The van der Waals surface area contributed by atoms with Crippen molar-refractivity contribution >= 4 is 23.9 Å². The van der Waals surface area contributed by atoms with Gasteiger partial charge in [-0.2, -0.15) is 0 Å². The number of esters is 3. The van der Waals surface area contributed by atoms with Gasteiger partial charge in [-0.15, -0.1) is 0 Å². The van der Waals surface area contributed by atoms with Gasteiger partial charge in [0.1, 0.15) is 29.2 Å². The first-order chi connectivity index (χ1) is 15.7. The Hall–Kier alpha value is -3.72. The van der Waals surface area contributed by atoms with Crippen molar-refractivity contribution in [2.45, 2.75) is 27.7 Å². The van der Waals surface area contributed by atoms with Gasteiger partial charge in [0.25, 0.3) is 0 Å². The Kier molecular flexibility index (Phi) is 11.9. The molecule has 0 atom stereocenters. The van der Waals surface area contributed by atoms with Gasteiger partial charge in [0.2, 0.25) is 0 Å². The normalized spacial score (nSPS) is 9.97. The fourth-order valence-electron chi connectivity index (χ4n) is 2.65. The summed E-state index contributed by atoms with van der Waals surface area (Å²) in [5.74, 6) is -2.29. The summed E-state index contributed by atoms with van der Waals surface area (Å²) >= 11 is 0. The molecule has 2 aromatic rings. The number of carboxylic acid groups (broad SMARTS) is 1. The minimum Gasteiger partial charge on any atom is -0.478 e. The van der Waals surface area contributed by atoms with Gasteiger partial charge in [-0.1, -0.05) is 38.1 Å². The van der Waals surface area contributed by atoms with E-state index in [-0.39, 0.29) is 22.6 Å². The van der Waals surface area contributed by atoms with Crippen LogP contribution in [0.5, 0.6) is 11.5 Å². The third-order valence-electron chi connectivity index (χ3n) is 4.27. The number of para-hydroxylation sites is 2. The number of carboxylic acids is 1. The van der Waals surface area contributed by atoms with Gasteiger partial charge >= 0.3 is 23.9 Å². The molecule has 9 nitrogen and oxygen atoms in total. The van der Waals surface area contributed by atoms with Crippen LogP contribution in [0.15, 0.2) is 48.5 Å². The van der Waals surface area contributed by atoms with E-state index in [4.69, 9.17) is 14.6 Å². The fourth-order valence-corrected chi connectivity index (χ4v) is 2.65. The minimum absolute atomic E-state index is 0.0160. The highest BCUT2D eigenvalue weighted by atomic mass is 16.5. The van der Waals surface area contributed by atoms with Crippen LogP contribution >= 0.6 is 0 Å². The maximum absolute atomic E-state index is 12.0. The molecule has 0 saturated carbocycles. The van der Waals surface area contributed by atoms with Crippen molar-refractivity contribution in [3.05, 3.63) is 59.7 Å². The molecule has 0 aliphatic heterocycles. The van der Waals surface area contributed by atoms with Crippen molar-refractivity contribution in [2.75, 3.05) is 26.2 Å². The number of benzene rings is 2. The van der Waals surface area contributed by atoms with Crippen LogP contribution in [0.4, 0.5) is 0 Å². The van der Waals surface area contributed by atoms with Crippen LogP contribution in [0.1, 0.15) is 48.4 Å². The van der Waals surface area contributed by atoms with Crippen molar-refractivity contribution in [1.82, 2.24) is 4.90 Å². The molecule has 0 saturated heterocycles. The number of ether oxygens (including phenoxy) is 3. The summed E-state index contributed by atoms with van der Waals surface area (Å²) in [7, 11) is 0. The molecule has 0 aliphatic carbocycles. The van der Waals surface area contributed by atoms with E-state index in [1.54, 1.807) is 36.4 Å². The predicted octanol–water partition coefficient (Wildman–Crippen LogP) is 3.42. The average Bonchev–Trinajstić information content (AvgIpc) is 2.77. The Morgan fingerprint density at radius 3 is 1.70 bits per heavy atom. The van der Waals surface area contributed by atoms with Crippen molar-refractivity contribution in [1.29, 1.82) is 0 Å². The van der Waals surface area contributed by atoms with Gasteiger partial charge in [0, 0.05) is 20.4 Å². The third kappa shape index (κ3) is 9.96. The molecule has 1 N–H and O–H groups in total. The highest BCUT2D eigenvalue weighted by molar-refractivity contribution is 5.93. The van der Waals surface area contributed by atoms with E-state index in [1.807, 2.05) is 0 Å². The van der Waals surface area contributed by atoms with E-state index in [0.29, 0.717) is 13.2 Å². The minimum atomic E-state index is -1.11. The number of carbonyl (C=O) groups excluding carboxylic acids is 3. The second kappa shape index (κ2) is 14.4. The second-order valence-electron chi connectivity index (χ2n) is 6.65. The van der Waals surface area contributed by atoms with Gasteiger partial charge in [0.15, 0.2) is 0 Å². The van der Waals surface area contributed by atoms with Gasteiger partial charge in [0.05, 0.1) is 0 Å². The number of nitrogens with zero attached hydrogens (tertiary/aromatic N) is 1. The predicted molar refractivity (Wildman–Crippen MR) is 121 cm³/mol. The van der Waals surface area contributed by atoms with Crippen LogP contribution in [-0.4, -0.2) is 60.1 Å². The molecule has 0 radical (unpaired) electrons. The number of likely N-dealkylation sites (N-methyl/N-ethyl adjacent to an activating group) is 1. The first kappa shape index (κ1) is 27.3. The Bertz CT molecular complexity index is 953. The zero-order chi connectivity index (χ0) is 24.8. The molecule has 0 bridgehead atoms. The van der Waals surface area contributed by atoms with E-state index in [9.17, 15) is 19.2 Å². The van der Waals surface area contributed by atoms with Gasteiger partial charge in [-0.3, -0.25) is 9.59 Å². The smallest absolute Gasteiger partial charge is 0.341 e. The lowest BCUT2D eigenvalue weighted by molar-refractivity contribution is -0.132. The molecular formula is C24H29NO8. The largest absolute Gasteiger partial charge is 0.478 e. The van der Waals surface area contributed by atoms with Crippen LogP contribution in [0.3, 0.4) is 0 Å². The van der Waals surface area contributed by atoms with Gasteiger partial charge in [-0.25, -0.2) is 9.59 Å². The summed E-state index contributed by atoms with van der Waals surface area (Å²) in [4.78, 5) is 46.3. The molecule has 0 spiro atoms. The van der Waals surface area contributed by atoms with Crippen molar-refractivity contribution < 1.29 is 38.5 Å². The Balaban J connectivity index is 0.000000361. The summed E-state index contributed by atoms with van der Waals surface area (Å²) in [6.07, 6.45) is 0. The van der Waals surface area contributed by atoms with E-state index in [0.717, 1.165) is 13.1 Å². The first-order valence-corrected chi connectivity index (χ1v) is 10.4. The van der Waals surface area contributed by atoms with Crippen LogP contribution < -0.4 is 9.47 Å². The maximum Gasteiger partial charge on any atom is 0.341 e. The quantitative estimate of drug-likeness (QED) is 0.444. The maximum atomic E-state index is 12.0. The number of hydrogen-bond acceptors (Lipinski definition) is 8. The molecule has 0 aliphatic rings. The molecule has 9 heteroatoms. The second-order valence-corrected chi connectivity index (χ2v) is 6.65. The summed E-state index contributed by atoms with van der Waals surface area (Å²) in [6.45, 7) is 9.46. The van der Waals surface area contributed by atoms with Crippen molar-refractivity contribution in [3.8, 4) is 11.5 Å². The van der Waals surface area contributed by atoms with Crippen LogP contribution in [0, 0.1) is 0 Å². The molecular weight excluding hydrogens is 430 g/mol. The molecule has 0 unspecified atom stereocenters. The standard InChI is InChI=1S/C15H21NO4.C9H8O4/c1-4-16(5-2)10-11-19-15(18)13-8-6-7-9-14(13)20-12(3)17;1-6(10)13-8-5-3-2-4-7(8)9(11)12/h6-9H,4-5,10-11H2,1-3H3;2-5H,1H3,(H,11,12). The van der Waals surface area contributed by atoms with Crippen LogP contribution in [0.2, 0.25) is 0 Å². The lowest BCUT2D eigenvalue weighted by Crippen LogP contribution is -2.28. The molecule has 2 aromatic carbocycles. The summed E-state index contributed by atoms with van der Waals surface area (Å²) in [6, 6.07) is 12.5. The van der Waals surface area contributed by atoms with Crippen molar-refractivity contribution in [3.63, 3.8) is 0 Å². The molecule has 2 rings (SSSR count). The average molecular weight is 459 g/mol. The topological polar surface area (TPSA) is 119 Å². The molecule has 178 valence electrons. The molecule has 0 fully saturated rings. The van der Waals surface area contributed by atoms with E-state index in [2.05, 4.69) is 23.5 Å². The lowest BCUT2D eigenvalue weighted by Gasteiger charge is -2.17. The highest BCUT2D eigenvalue weighted by Gasteiger charge is 2.15. The van der Waals surface area contributed by atoms with E-state index in [1.165, 1.54) is 26.0 Å². The monoisotopic (exact) mass is 459 g/mol. The van der Waals surface area contributed by atoms with E-state index >= 15 is 0 Å². The lowest BCUT2D eigenvalue weighted by atomic mass is 10.2. The van der Waals surface area contributed by atoms with Gasteiger partial charge < -0.3 is 24.2 Å². The number of hydrogen-bond donors (Lipinski definition) is 1. The SMILES string of the molecule is CC(=O)Oc1ccccc1C(=O)O.CCN(CC)CCOC(=O)c1ccccc1OC(C)=O. The first-order valence-electron chi connectivity index (χ1n) is 10.4. The van der Waals surface area contributed by atoms with Crippen molar-refractivity contribution in [2.24, 2.45) is 0 Å². The number of aromatic carboxylic acids is 1. The molecule has 33 heavy (non-hydrogen) atoms. The van der Waals surface area contributed by atoms with Gasteiger partial charge in [-0.05, 0) is 37.4 Å². The van der Waals surface area contributed by atoms with Crippen LogP contribution in [0.25, 0.3) is 0 Å².